The number of hydrogen-bond donors (Lipinski definition) is 3. The van der Waals surface area contributed by atoms with Crippen molar-refractivity contribution in [2.24, 2.45) is 0 Å². The molecule has 0 aliphatic rings. The Morgan fingerprint density at radius 1 is 1.32 bits per heavy atom. The topological polar surface area (TPSA) is 92.4 Å². The minimum absolute atomic E-state index is 0.291. The Bertz CT molecular complexity index is 516. The van der Waals surface area contributed by atoms with E-state index < -0.39 is 16.1 Å². The zero-order valence-electron chi connectivity index (χ0n) is 11.6. The van der Waals surface area contributed by atoms with Crippen LogP contribution >= 0.6 is 0 Å². The summed E-state index contributed by atoms with van der Waals surface area (Å²) in [6, 6.07) is 3.30. The molecule has 5 nitrogen and oxygen atoms in total. The van der Waals surface area contributed by atoms with Gasteiger partial charge < -0.3 is 10.8 Å². The number of nitrogens with one attached hydrogen (secondary N) is 1. The SMILES string of the molecule is Cc1cc(N)cc(C)c1S(=O)(=O)NCCCC(C)O. The lowest BCUT2D eigenvalue weighted by Crippen LogP contribution is -2.26. The number of aryl methyl sites for hydroxylation is 2. The second-order valence-corrected chi connectivity index (χ2v) is 6.58. The number of rotatable bonds is 6. The third kappa shape index (κ3) is 4.49. The van der Waals surface area contributed by atoms with E-state index >= 15 is 0 Å². The van der Waals surface area contributed by atoms with Gasteiger partial charge in [0.15, 0.2) is 0 Å². The molecule has 0 aliphatic carbocycles. The highest BCUT2D eigenvalue weighted by atomic mass is 32.2. The summed E-state index contributed by atoms with van der Waals surface area (Å²) in [6.45, 7) is 5.46. The zero-order chi connectivity index (χ0) is 14.6. The van der Waals surface area contributed by atoms with E-state index in [0.717, 1.165) is 0 Å². The number of benzene rings is 1. The van der Waals surface area contributed by atoms with Crippen molar-refractivity contribution < 1.29 is 13.5 Å². The summed E-state index contributed by atoms with van der Waals surface area (Å²) >= 11 is 0. The molecule has 0 bridgehead atoms. The Morgan fingerprint density at radius 3 is 2.32 bits per heavy atom. The van der Waals surface area contributed by atoms with Gasteiger partial charge in [-0.2, -0.15) is 0 Å². The predicted octanol–water partition coefficient (Wildman–Crippen LogP) is 1.32. The summed E-state index contributed by atoms with van der Waals surface area (Å²) in [7, 11) is -3.52. The van der Waals surface area contributed by atoms with E-state index in [1.165, 1.54) is 0 Å². The first-order valence-electron chi connectivity index (χ1n) is 6.28. The lowest BCUT2D eigenvalue weighted by molar-refractivity contribution is 0.182. The van der Waals surface area contributed by atoms with E-state index in [-0.39, 0.29) is 0 Å². The fourth-order valence-electron chi connectivity index (χ4n) is 2.08. The van der Waals surface area contributed by atoms with Crippen molar-refractivity contribution in [3.63, 3.8) is 0 Å². The fraction of sp³-hybridized carbons (Fsp3) is 0.538. The second-order valence-electron chi connectivity index (χ2n) is 4.87. The first-order chi connectivity index (χ1) is 8.74. The van der Waals surface area contributed by atoms with Crippen LogP contribution in [0.1, 0.15) is 30.9 Å². The normalized spacial score (nSPS) is 13.5. The van der Waals surface area contributed by atoms with Crippen LogP contribution in [0.3, 0.4) is 0 Å². The van der Waals surface area contributed by atoms with Crippen molar-refractivity contribution in [1.29, 1.82) is 0 Å². The molecule has 4 N–H and O–H groups in total. The lowest BCUT2D eigenvalue weighted by atomic mass is 10.1. The monoisotopic (exact) mass is 286 g/mol. The lowest BCUT2D eigenvalue weighted by Gasteiger charge is -2.13. The van der Waals surface area contributed by atoms with E-state index in [0.29, 0.717) is 41.1 Å². The van der Waals surface area contributed by atoms with Gasteiger partial charge in [0.2, 0.25) is 10.0 Å². The molecule has 0 aromatic heterocycles. The van der Waals surface area contributed by atoms with Crippen molar-refractivity contribution in [2.45, 2.75) is 44.6 Å². The molecule has 108 valence electrons. The Balaban J connectivity index is 2.84. The van der Waals surface area contributed by atoms with Crippen LogP contribution in [-0.4, -0.2) is 26.2 Å². The Labute approximate surface area is 114 Å². The Morgan fingerprint density at radius 2 is 1.84 bits per heavy atom. The van der Waals surface area contributed by atoms with E-state index in [1.807, 2.05) is 0 Å². The van der Waals surface area contributed by atoms with E-state index in [2.05, 4.69) is 4.72 Å². The molecule has 0 spiro atoms. The summed E-state index contributed by atoms with van der Waals surface area (Å²) in [6.07, 6.45) is 0.760. The molecule has 1 aromatic carbocycles. The fourth-order valence-corrected chi connectivity index (χ4v) is 3.61. The van der Waals surface area contributed by atoms with Crippen LogP contribution in [0, 0.1) is 13.8 Å². The summed E-state index contributed by atoms with van der Waals surface area (Å²) in [5.41, 5.74) is 7.52. The largest absolute Gasteiger partial charge is 0.399 e. The minimum Gasteiger partial charge on any atom is -0.399 e. The molecular formula is C13H22N2O3S. The van der Waals surface area contributed by atoms with Gasteiger partial charge in [-0.25, -0.2) is 13.1 Å². The molecule has 0 saturated heterocycles. The van der Waals surface area contributed by atoms with Crippen LogP contribution in [0.15, 0.2) is 17.0 Å². The van der Waals surface area contributed by atoms with Crippen molar-refractivity contribution in [1.82, 2.24) is 4.72 Å². The van der Waals surface area contributed by atoms with Gasteiger partial charge in [0, 0.05) is 12.2 Å². The number of sulfonamides is 1. The highest BCUT2D eigenvalue weighted by molar-refractivity contribution is 7.89. The summed E-state index contributed by atoms with van der Waals surface area (Å²) in [5, 5.41) is 9.13. The molecule has 1 unspecified atom stereocenters. The number of hydrogen-bond acceptors (Lipinski definition) is 4. The van der Waals surface area contributed by atoms with Crippen LogP contribution in [-0.2, 0) is 10.0 Å². The summed E-state index contributed by atoms with van der Waals surface area (Å²) in [4.78, 5) is 0.291. The average molecular weight is 286 g/mol. The van der Waals surface area contributed by atoms with Gasteiger partial charge >= 0.3 is 0 Å². The number of nitrogens with two attached hydrogens (primary N) is 1. The quantitative estimate of drug-likeness (QED) is 0.543. The third-order valence-corrected chi connectivity index (χ3v) is 4.61. The van der Waals surface area contributed by atoms with Crippen LogP contribution in [0.4, 0.5) is 5.69 Å². The maximum Gasteiger partial charge on any atom is 0.241 e. The molecule has 0 radical (unpaired) electrons. The highest BCUT2D eigenvalue weighted by Crippen LogP contribution is 2.22. The first-order valence-corrected chi connectivity index (χ1v) is 7.77. The summed E-state index contributed by atoms with van der Waals surface area (Å²) < 4.78 is 27.0. The Kier molecular flexibility index (Phi) is 5.34. The number of aliphatic hydroxyl groups is 1. The van der Waals surface area contributed by atoms with Crippen molar-refractivity contribution in [2.75, 3.05) is 12.3 Å². The molecule has 0 heterocycles. The van der Waals surface area contributed by atoms with Crippen molar-refractivity contribution >= 4 is 15.7 Å². The van der Waals surface area contributed by atoms with Gasteiger partial charge in [-0.05, 0) is 56.9 Å². The average Bonchev–Trinajstić information content (AvgIpc) is 2.22. The minimum atomic E-state index is -3.52. The molecular weight excluding hydrogens is 264 g/mol. The number of aliphatic hydroxyl groups excluding tert-OH is 1. The van der Waals surface area contributed by atoms with E-state index in [4.69, 9.17) is 10.8 Å². The van der Waals surface area contributed by atoms with Gasteiger partial charge in [0.25, 0.3) is 0 Å². The molecule has 1 rings (SSSR count). The van der Waals surface area contributed by atoms with Crippen molar-refractivity contribution in [3.8, 4) is 0 Å². The van der Waals surface area contributed by atoms with E-state index in [1.54, 1.807) is 32.9 Å². The van der Waals surface area contributed by atoms with Crippen LogP contribution in [0.25, 0.3) is 0 Å². The molecule has 6 heteroatoms. The third-order valence-electron chi connectivity index (χ3n) is 2.84. The van der Waals surface area contributed by atoms with Gasteiger partial charge in [0.05, 0.1) is 11.0 Å². The van der Waals surface area contributed by atoms with Gasteiger partial charge in [-0.1, -0.05) is 0 Å². The molecule has 0 fully saturated rings. The Hall–Kier alpha value is -1.11. The van der Waals surface area contributed by atoms with E-state index in [9.17, 15) is 8.42 Å². The van der Waals surface area contributed by atoms with Gasteiger partial charge in [0.1, 0.15) is 0 Å². The number of nitrogen functional groups attached to an aromatic ring is 1. The van der Waals surface area contributed by atoms with Crippen molar-refractivity contribution in [3.05, 3.63) is 23.3 Å². The molecule has 1 atom stereocenters. The maximum atomic E-state index is 12.2. The second kappa shape index (κ2) is 6.36. The van der Waals surface area contributed by atoms with Crippen LogP contribution in [0.5, 0.6) is 0 Å². The smallest absolute Gasteiger partial charge is 0.241 e. The molecule has 0 saturated carbocycles. The molecule has 0 amide bonds. The standard InChI is InChI=1S/C13H22N2O3S/c1-9-7-12(14)8-10(2)13(9)19(17,18)15-6-4-5-11(3)16/h7-8,11,15-16H,4-6,14H2,1-3H3. The predicted molar refractivity (Wildman–Crippen MR) is 76.4 cm³/mol. The maximum absolute atomic E-state index is 12.2. The number of anilines is 1. The summed E-state index contributed by atoms with van der Waals surface area (Å²) in [5.74, 6) is 0. The first kappa shape index (κ1) is 15.9. The van der Waals surface area contributed by atoms with Crippen LogP contribution in [0.2, 0.25) is 0 Å². The molecule has 19 heavy (non-hydrogen) atoms. The van der Waals surface area contributed by atoms with Crippen LogP contribution < -0.4 is 10.5 Å². The van der Waals surface area contributed by atoms with Gasteiger partial charge in [-0.3, -0.25) is 0 Å². The zero-order valence-corrected chi connectivity index (χ0v) is 12.4. The highest BCUT2D eigenvalue weighted by Gasteiger charge is 2.19. The van der Waals surface area contributed by atoms with Gasteiger partial charge in [-0.15, -0.1) is 0 Å². The molecule has 1 aromatic rings. The molecule has 0 aliphatic heterocycles.